The number of aromatic nitrogens is 5. The molecule has 120 valence electrons. The van der Waals surface area contributed by atoms with Gasteiger partial charge in [0.1, 0.15) is 23.1 Å². The first kappa shape index (κ1) is 14.3. The van der Waals surface area contributed by atoms with Crippen LogP contribution in [-0.2, 0) is 0 Å². The lowest BCUT2D eigenvalue weighted by atomic mass is 10.3. The molecule has 0 saturated heterocycles. The highest BCUT2D eigenvalue weighted by Gasteiger charge is 2.16. The van der Waals surface area contributed by atoms with Gasteiger partial charge < -0.3 is 15.0 Å². The summed E-state index contributed by atoms with van der Waals surface area (Å²) in [5, 5.41) is 3.42. The number of nitrogens with zero attached hydrogens (tertiary/aromatic N) is 4. The van der Waals surface area contributed by atoms with Gasteiger partial charge in [0.15, 0.2) is 5.65 Å². The fourth-order valence-corrected chi connectivity index (χ4v) is 2.57. The van der Waals surface area contributed by atoms with E-state index in [1.807, 2.05) is 41.8 Å². The Hall–Kier alpha value is -3.35. The van der Waals surface area contributed by atoms with Crippen LogP contribution in [0.1, 0.15) is 5.82 Å². The van der Waals surface area contributed by atoms with Gasteiger partial charge in [-0.1, -0.05) is 0 Å². The predicted octanol–water partition coefficient (Wildman–Crippen LogP) is 3.18. The molecule has 3 heterocycles. The molecule has 0 saturated carbocycles. The first-order chi connectivity index (χ1) is 11.7. The van der Waals surface area contributed by atoms with Gasteiger partial charge in [0.2, 0.25) is 0 Å². The van der Waals surface area contributed by atoms with E-state index in [1.54, 1.807) is 25.7 Å². The number of H-pyrrole nitrogens is 1. The highest BCUT2D eigenvalue weighted by Crippen LogP contribution is 2.30. The quantitative estimate of drug-likeness (QED) is 0.603. The van der Waals surface area contributed by atoms with Gasteiger partial charge in [0.05, 0.1) is 25.2 Å². The van der Waals surface area contributed by atoms with E-state index in [9.17, 15) is 0 Å². The van der Waals surface area contributed by atoms with Crippen molar-refractivity contribution in [2.45, 2.75) is 6.92 Å². The number of fused-ring (bicyclic) bond motifs is 1. The molecule has 0 amide bonds. The Kier molecular flexibility index (Phi) is 3.38. The molecule has 0 spiro atoms. The van der Waals surface area contributed by atoms with Crippen molar-refractivity contribution in [3.05, 3.63) is 54.9 Å². The first-order valence-electron chi connectivity index (χ1n) is 7.50. The minimum absolute atomic E-state index is 0.760. The third-order valence-corrected chi connectivity index (χ3v) is 3.74. The van der Waals surface area contributed by atoms with Gasteiger partial charge in [-0.25, -0.2) is 9.97 Å². The number of anilines is 2. The van der Waals surface area contributed by atoms with Crippen molar-refractivity contribution < 1.29 is 4.74 Å². The number of hydrogen-bond acceptors (Lipinski definition) is 5. The van der Waals surface area contributed by atoms with Crippen LogP contribution >= 0.6 is 0 Å². The second kappa shape index (κ2) is 5.69. The molecule has 24 heavy (non-hydrogen) atoms. The topological polar surface area (TPSA) is 80.1 Å². The second-order valence-corrected chi connectivity index (χ2v) is 5.35. The number of ether oxygens (including phenoxy) is 1. The standard InChI is InChI=1S/C17H16N6O/c1-11-19-9-14(20-11)16-17(23-8-7-18-10-15(23)22-16)21-12-3-5-13(24-2)6-4-12/h3-10,21H,1-2H3,(H,19,20). The normalized spacial score (nSPS) is 10.9. The van der Waals surface area contributed by atoms with Crippen LogP contribution in [0.2, 0.25) is 0 Å². The van der Waals surface area contributed by atoms with Crippen LogP contribution in [0.15, 0.2) is 49.1 Å². The second-order valence-electron chi connectivity index (χ2n) is 5.35. The molecule has 0 unspecified atom stereocenters. The van der Waals surface area contributed by atoms with E-state index >= 15 is 0 Å². The molecule has 7 nitrogen and oxygen atoms in total. The van der Waals surface area contributed by atoms with Gasteiger partial charge in [0, 0.05) is 18.1 Å². The number of aromatic amines is 1. The Labute approximate surface area is 138 Å². The number of methoxy groups -OCH3 is 1. The van der Waals surface area contributed by atoms with Crippen LogP contribution in [-0.4, -0.2) is 31.4 Å². The summed E-state index contributed by atoms with van der Waals surface area (Å²) in [6.07, 6.45) is 7.12. The average Bonchev–Trinajstić information content (AvgIpc) is 3.20. The molecular formula is C17H16N6O. The maximum Gasteiger partial charge on any atom is 0.157 e. The van der Waals surface area contributed by atoms with Gasteiger partial charge >= 0.3 is 0 Å². The van der Waals surface area contributed by atoms with Gasteiger partial charge in [-0.3, -0.25) is 9.38 Å². The van der Waals surface area contributed by atoms with Gasteiger partial charge in [-0.05, 0) is 31.2 Å². The summed E-state index contributed by atoms with van der Waals surface area (Å²) in [4.78, 5) is 16.3. The number of aryl methyl sites for hydroxylation is 1. The number of hydrogen-bond donors (Lipinski definition) is 2. The zero-order valence-electron chi connectivity index (χ0n) is 13.3. The van der Waals surface area contributed by atoms with Crippen molar-refractivity contribution in [3.8, 4) is 17.1 Å². The van der Waals surface area contributed by atoms with E-state index in [4.69, 9.17) is 4.74 Å². The lowest BCUT2D eigenvalue weighted by Crippen LogP contribution is -1.97. The molecule has 4 rings (SSSR count). The van der Waals surface area contributed by atoms with E-state index in [1.165, 1.54) is 0 Å². The zero-order valence-corrected chi connectivity index (χ0v) is 13.3. The summed E-state index contributed by atoms with van der Waals surface area (Å²) in [6.45, 7) is 1.91. The first-order valence-corrected chi connectivity index (χ1v) is 7.50. The fraction of sp³-hybridized carbons (Fsp3) is 0.118. The van der Waals surface area contributed by atoms with Crippen molar-refractivity contribution in [1.82, 2.24) is 24.3 Å². The monoisotopic (exact) mass is 320 g/mol. The lowest BCUT2D eigenvalue weighted by Gasteiger charge is -2.08. The van der Waals surface area contributed by atoms with Gasteiger partial charge in [0.25, 0.3) is 0 Å². The molecule has 0 radical (unpaired) electrons. The Morgan fingerprint density at radius 3 is 2.71 bits per heavy atom. The van der Waals surface area contributed by atoms with E-state index in [0.717, 1.165) is 40.1 Å². The summed E-state index contributed by atoms with van der Waals surface area (Å²) in [5.41, 5.74) is 3.34. The SMILES string of the molecule is COc1ccc(Nc2c(-c3cnc(C)[nH]3)nc3cnccn23)cc1. The fourth-order valence-electron chi connectivity index (χ4n) is 2.57. The number of benzene rings is 1. The van der Waals surface area contributed by atoms with Gasteiger partial charge in [-0.15, -0.1) is 0 Å². The molecule has 0 fully saturated rings. The summed E-state index contributed by atoms with van der Waals surface area (Å²) < 4.78 is 7.16. The smallest absolute Gasteiger partial charge is 0.157 e. The number of nitrogens with one attached hydrogen (secondary N) is 2. The predicted molar refractivity (Wildman–Crippen MR) is 91.6 cm³/mol. The Morgan fingerprint density at radius 2 is 2.00 bits per heavy atom. The zero-order chi connectivity index (χ0) is 16.5. The largest absolute Gasteiger partial charge is 0.497 e. The minimum Gasteiger partial charge on any atom is -0.497 e. The summed E-state index contributed by atoms with van der Waals surface area (Å²) in [5.74, 6) is 2.50. The van der Waals surface area contributed by atoms with Crippen molar-refractivity contribution in [2.24, 2.45) is 0 Å². The molecule has 4 aromatic rings. The third-order valence-electron chi connectivity index (χ3n) is 3.74. The summed E-state index contributed by atoms with van der Waals surface area (Å²) in [7, 11) is 1.65. The molecule has 2 N–H and O–H groups in total. The Balaban J connectivity index is 1.82. The third kappa shape index (κ3) is 2.45. The van der Waals surface area contributed by atoms with Crippen molar-refractivity contribution >= 4 is 17.2 Å². The molecule has 0 bridgehead atoms. The highest BCUT2D eigenvalue weighted by atomic mass is 16.5. The maximum atomic E-state index is 5.20. The van der Waals surface area contributed by atoms with Gasteiger partial charge in [-0.2, -0.15) is 0 Å². The van der Waals surface area contributed by atoms with Crippen LogP contribution in [0.5, 0.6) is 5.75 Å². The van der Waals surface area contributed by atoms with Crippen LogP contribution in [0.3, 0.4) is 0 Å². The Morgan fingerprint density at radius 1 is 1.17 bits per heavy atom. The van der Waals surface area contributed by atoms with Crippen molar-refractivity contribution in [2.75, 3.05) is 12.4 Å². The van der Waals surface area contributed by atoms with Crippen LogP contribution in [0, 0.1) is 6.92 Å². The summed E-state index contributed by atoms with van der Waals surface area (Å²) in [6, 6.07) is 7.74. The molecule has 3 aromatic heterocycles. The maximum absolute atomic E-state index is 5.20. The van der Waals surface area contributed by atoms with Crippen LogP contribution in [0.25, 0.3) is 17.0 Å². The van der Waals surface area contributed by atoms with E-state index in [-0.39, 0.29) is 0 Å². The Bertz CT molecular complexity index is 986. The van der Waals surface area contributed by atoms with Crippen molar-refractivity contribution in [3.63, 3.8) is 0 Å². The highest BCUT2D eigenvalue weighted by molar-refractivity contribution is 5.77. The number of imidazole rings is 2. The average molecular weight is 320 g/mol. The molecule has 0 atom stereocenters. The summed E-state index contributed by atoms with van der Waals surface area (Å²) >= 11 is 0. The van der Waals surface area contributed by atoms with Crippen LogP contribution in [0.4, 0.5) is 11.5 Å². The van der Waals surface area contributed by atoms with E-state index in [0.29, 0.717) is 0 Å². The molecule has 0 aliphatic rings. The van der Waals surface area contributed by atoms with E-state index in [2.05, 4.69) is 25.3 Å². The molecule has 7 heteroatoms. The van der Waals surface area contributed by atoms with E-state index < -0.39 is 0 Å². The van der Waals surface area contributed by atoms with Crippen molar-refractivity contribution in [1.29, 1.82) is 0 Å². The minimum atomic E-state index is 0.760. The molecule has 1 aromatic carbocycles. The molecule has 0 aliphatic heterocycles. The van der Waals surface area contributed by atoms with Crippen LogP contribution < -0.4 is 10.1 Å². The molecular weight excluding hydrogens is 304 g/mol. The molecule has 0 aliphatic carbocycles. The lowest BCUT2D eigenvalue weighted by molar-refractivity contribution is 0.415. The number of rotatable bonds is 4.